The van der Waals surface area contributed by atoms with Crippen molar-refractivity contribution in [2.24, 2.45) is 0 Å². The summed E-state index contributed by atoms with van der Waals surface area (Å²) in [5.74, 6) is 0. The highest BCUT2D eigenvalue weighted by atomic mass is 32.2. The average molecular weight is 329 g/mol. The van der Waals surface area contributed by atoms with Crippen LogP contribution in [-0.4, -0.2) is 60.9 Å². The van der Waals surface area contributed by atoms with Gasteiger partial charge in [0.05, 0.1) is 4.75 Å². The lowest BCUT2D eigenvalue weighted by atomic mass is 10.1. The lowest BCUT2D eigenvalue weighted by Crippen LogP contribution is -2.43. The Bertz CT molecular complexity index is 361. The van der Waals surface area contributed by atoms with Crippen molar-refractivity contribution in [3.05, 3.63) is 0 Å². The molecule has 0 aromatic heterocycles. The van der Waals surface area contributed by atoms with Crippen molar-refractivity contribution >= 4 is 18.9 Å². The van der Waals surface area contributed by atoms with Crippen LogP contribution in [0.1, 0.15) is 26.7 Å². The fourth-order valence-electron chi connectivity index (χ4n) is 1.63. The zero-order valence-corrected chi connectivity index (χ0v) is 14.7. The molecule has 122 valence electrons. The highest BCUT2D eigenvalue weighted by Crippen LogP contribution is 2.18. The van der Waals surface area contributed by atoms with Gasteiger partial charge in [-0.3, -0.25) is 4.55 Å². The van der Waals surface area contributed by atoms with Crippen LogP contribution in [-0.2, 0) is 23.4 Å². The molecule has 9 heteroatoms. The van der Waals surface area contributed by atoms with Gasteiger partial charge in [0.1, 0.15) is 0 Å². The molecule has 0 aromatic carbocycles. The Morgan fingerprint density at radius 2 is 1.60 bits per heavy atom. The minimum Gasteiger partial charge on any atom is -0.377 e. The maximum atomic E-state index is 11.1. The quantitative estimate of drug-likeness (QED) is 0.330. The van der Waals surface area contributed by atoms with Crippen LogP contribution in [0.15, 0.2) is 0 Å². The predicted molar refractivity (Wildman–Crippen MR) is 79.3 cm³/mol. The molecule has 7 nitrogen and oxygen atoms in total. The van der Waals surface area contributed by atoms with Crippen molar-refractivity contribution in [2.45, 2.75) is 37.5 Å². The van der Waals surface area contributed by atoms with Gasteiger partial charge in [-0.05, 0) is 39.8 Å². The lowest BCUT2D eigenvalue weighted by Gasteiger charge is -2.24. The maximum Gasteiger partial charge on any atom is 0.500 e. The number of hydrogen-bond donors (Lipinski definition) is 2. The van der Waals surface area contributed by atoms with E-state index >= 15 is 0 Å². The molecule has 0 amide bonds. The van der Waals surface area contributed by atoms with Gasteiger partial charge in [-0.25, -0.2) is 0 Å². The SMILES string of the molecule is CO[Si](CCCNCCC(C)(C)S(=O)(=O)O)(OC)OC. The molecule has 0 aliphatic rings. The van der Waals surface area contributed by atoms with Gasteiger partial charge in [-0.1, -0.05) is 0 Å². The summed E-state index contributed by atoms with van der Waals surface area (Å²) in [5, 5.41) is 3.14. The molecule has 0 rings (SSSR count). The summed E-state index contributed by atoms with van der Waals surface area (Å²) >= 11 is 0. The topological polar surface area (TPSA) is 94.1 Å². The van der Waals surface area contributed by atoms with Crippen LogP contribution in [0, 0.1) is 0 Å². The highest BCUT2D eigenvalue weighted by Gasteiger charge is 2.36. The van der Waals surface area contributed by atoms with Gasteiger partial charge in [0.25, 0.3) is 10.1 Å². The van der Waals surface area contributed by atoms with E-state index in [1.54, 1.807) is 21.3 Å². The van der Waals surface area contributed by atoms with E-state index in [-0.39, 0.29) is 0 Å². The van der Waals surface area contributed by atoms with Crippen molar-refractivity contribution in [3.8, 4) is 0 Å². The monoisotopic (exact) mass is 329 g/mol. The van der Waals surface area contributed by atoms with Crippen LogP contribution in [0.5, 0.6) is 0 Å². The second-order valence-electron chi connectivity index (χ2n) is 5.13. The summed E-state index contributed by atoms with van der Waals surface area (Å²) in [6.07, 6.45) is 1.14. The van der Waals surface area contributed by atoms with E-state index in [1.165, 1.54) is 13.8 Å². The molecule has 0 radical (unpaired) electrons. The number of hydrogen-bond acceptors (Lipinski definition) is 6. The second-order valence-corrected chi connectivity index (χ2v) is 10.3. The van der Waals surface area contributed by atoms with Crippen molar-refractivity contribution in [3.63, 3.8) is 0 Å². The molecule has 0 saturated heterocycles. The molecule has 0 atom stereocenters. The first-order valence-electron chi connectivity index (χ1n) is 6.47. The van der Waals surface area contributed by atoms with Gasteiger partial charge in [-0.2, -0.15) is 8.42 Å². The molecule has 0 spiro atoms. The van der Waals surface area contributed by atoms with Gasteiger partial charge in [-0.15, -0.1) is 0 Å². The Morgan fingerprint density at radius 1 is 1.10 bits per heavy atom. The molecule has 0 bridgehead atoms. The zero-order chi connectivity index (χ0) is 15.9. The predicted octanol–water partition coefficient (Wildman–Crippen LogP) is 0.901. The third kappa shape index (κ3) is 6.16. The normalized spacial score (nSPS) is 13.7. The first-order valence-corrected chi connectivity index (χ1v) is 9.84. The van der Waals surface area contributed by atoms with Crippen LogP contribution in [0.3, 0.4) is 0 Å². The van der Waals surface area contributed by atoms with Gasteiger partial charge in [0, 0.05) is 27.4 Å². The Labute approximate surface area is 123 Å². The van der Waals surface area contributed by atoms with Crippen molar-refractivity contribution in [1.29, 1.82) is 0 Å². The maximum absolute atomic E-state index is 11.1. The third-order valence-corrected chi connectivity index (χ3v) is 7.80. The Kier molecular flexibility index (Phi) is 8.41. The van der Waals surface area contributed by atoms with Gasteiger partial charge in [0.15, 0.2) is 0 Å². The third-order valence-electron chi connectivity index (χ3n) is 3.37. The van der Waals surface area contributed by atoms with Crippen LogP contribution in [0.4, 0.5) is 0 Å². The smallest absolute Gasteiger partial charge is 0.377 e. The molecular weight excluding hydrogens is 302 g/mol. The van der Waals surface area contributed by atoms with Crippen molar-refractivity contribution in [1.82, 2.24) is 5.32 Å². The van der Waals surface area contributed by atoms with E-state index in [4.69, 9.17) is 17.8 Å². The first-order chi connectivity index (χ1) is 9.14. The Balaban J connectivity index is 3.95. The van der Waals surface area contributed by atoms with E-state index in [1.807, 2.05) is 0 Å². The molecule has 0 aliphatic carbocycles. The molecular formula is C11H27NO6SSi. The number of rotatable bonds is 11. The van der Waals surface area contributed by atoms with E-state index in [0.717, 1.165) is 6.42 Å². The fraction of sp³-hybridized carbons (Fsp3) is 1.00. The van der Waals surface area contributed by atoms with Crippen molar-refractivity contribution < 1.29 is 26.2 Å². The molecule has 0 aliphatic heterocycles. The standard InChI is InChI=1S/C11H27NO6SSi/c1-11(2,19(13,14)15)7-9-12-8-6-10-20(16-3,17-4)18-5/h12H,6-10H2,1-5H3,(H,13,14,15). The van der Waals surface area contributed by atoms with E-state index in [9.17, 15) is 8.42 Å². The van der Waals surface area contributed by atoms with Crippen LogP contribution in [0.25, 0.3) is 0 Å². The zero-order valence-electron chi connectivity index (χ0n) is 12.9. The van der Waals surface area contributed by atoms with Gasteiger partial charge >= 0.3 is 8.80 Å². The largest absolute Gasteiger partial charge is 0.500 e. The summed E-state index contributed by atoms with van der Waals surface area (Å²) < 4.78 is 46.0. The van der Waals surface area contributed by atoms with Crippen LogP contribution >= 0.6 is 0 Å². The molecule has 0 fully saturated rings. The molecule has 0 aromatic rings. The summed E-state index contributed by atoms with van der Waals surface area (Å²) in [6.45, 7) is 4.21. The molecule has 0 unspecified atom stereocenters. The number of nitrogens with one attached hydrogen (secondary N) is 1. The first kappa shape index (κ1) is 20.0. The lowest BCUT2D eigenvalue weighted by molar-refractivity contribution is 0.123. The molecule has 0 saturated carbocycles. The van der Waals surface area contributed by atoms with E-state index in [2.05, 4.69) is 5.32 Å². The Hall–Kier alpha value is -0.0331. The fourth-order valence-corrected chi connectivity index (χ4v) is 3.71. The Morgan fingerprint density at radius 3 is 2.00 bits per heavy atom. The summed E-state index contributed by atoms with van der Waals surface area (Å²) in [7, 11) is -1.83. The summed E-state index contributed by atoms with van der Waals surface area (Å²) in [6, 6.07) is 0.686. The second kappa shape index (κ2) is 8.42. The minimum atomic E-state index is -4.02. The van der Waals surface area contributed by atoms with Crippen LogP contribution < -0.4 is 5.32 Å². The molecule has 0 heterocycles. The van der Waals surface area contributed by atoms with E-state index < -0.39 is 23.7 Å². The summed E-state index contributed by atoms with van der Waals surface area (Å²) in [5.41, 5.74) is 0. The highest BCUT2D eigenvalue weighted by molar-refractivity contribution is 7.87. The molecule has 20 heavy (non-hydrogen) atoms. The minimum absolute atomic E-state index is 0.341. The van der Waals surface area contributed by atoms with E-state index in [0.29, 0.717) is 25.6 Å². The van der Waals surface area contributed by atoms with Crippen molar-refractivity contribution in [2.75, 3.05) is 34.4 Å². The van der Waals surface area contributed by atoms with Gasteiger partial charge in [0.2, 0.25) is 0 Å². The average Bonchev–Trinajstić information content (AvgIpc) is 2.37. The summed E-state index contributed by atoms with van der Waals surface area (Å²) in [4.78, 5) is 0. The van der Waals surface area contributed by atoms with Crippen LogP contribution in [0.2, 0.25) is 6.04 Å². The van der Waals surface area contributed by atoms with Gasteiger partial charge < -0.3 is 18.6 Å². The molecule has 2 N–H and O–H groups in total.